The molecule has 0 N–H and O–H groups in total. The van der Waals surface area contributed by atoms with Gasteiger partial charge in [-0.2, -0.15) is 0 Å². The van der Waals surface area contributed by atoms with E-state index in [1.54, 1.807) is 14.0 Å². The molecule has 2 atom stereocenters. The molecule has 2 unspecified atom stereocenters. The first-order valence-corrected chi connectivity index (χ1v) is 13.9. The summed E-state index contributed by atoms with van der Waals surface area (Å²) in [5, 5.41) is 0. The van der Waals surface area contributed by atoms with Crippen molar-refractivity contribution in [1.82, 2.24) is 4.90 Å². The fourth-order valence-corrected chi connectivity index (χ4v) is 7.19. The number of carbonyl (C=O) groups is 1. The van der Waals surface area contributed by atoms with Crippen LogP contribution in [0.15, 0.2) is 52.4 Å². The van der Waals surface area contributed by atoms with Gasteiger partial charge >= 0.3 is 0 Å². The Labute approximate surface area is 214 Å². The average molecular weight is 491 g/mol. The summed E-state index contributed by atoms with van der Waals surface area (Å²) in [6.07, 6.45) is 4.69. The fraction of sp³-hybridized carbons (Fsp3) is 0.533. The average Bonchev–Trinajstić information content (AvgIpc) is 3.57. The van der Waals surface area contributed by atoms with Gasteiger partial charge in [-0.1, -0.05) is 39.0 Å². The maximum Gasteiger partial charge on any atom is 0.219 e. The molecule has 2 fully saturated rings. The van der Waals surface area contributed by atoms with Gasteiger partial charge in [0.25, 0.3) is 0 Å². The van der Waals surface area contributed by atoms with E-state index in [1.165, 1.54) is 40.3 Å². The number of ether oxygens (including phenoxy) is 1. The maximum absolute atomic E-state index is 11.8. The van der Waals surface area contributed by atoms with Crippen molar-refractivity contribution in [2.75, 3.05) is 20.2 Å². The Hall–Kier alpha value is -2.27. The number of likely N-dealkylation sites (tertiary alicyclic amines) is 1. The maximum atomic E-state index is 11.8. The molecular formula is C30H38N2O2S. The predicted octanol–water partition coefficient (Wildman–Crippen LogP) is 7.24. The first kappa shape index (κ1) is 24.4. The van der Waals surface area contributed by atoms with Crippen molar-refractivity contribution >= 4 is 29.1 Å². The van der Waals surface area contributed by atoms with Crippen LogP contribution in [0.3, 0.4) is 0 Å². The monoisotopic (exact) mass is 490 g/mol. The molecule has 4 nitrogen and oxygen atoms in total. The van der Waals surface area contributed by atoms with Gasteiger partial charge in [-0.15, -0.1) is 11.8 Å². The van der Waals surface area contributed by atoms with E-state index in [0.29, 0.717) is 11.8 Å². The fourth-order valence-electron chi connectivity index (χ4n) is 6.30. The lowest BCUT2D eigenvalue weighted by molar-refractivity contribution is -0.130. The standard InChI is InChI=1S/C30H38N2O2S/c1-20(33)32-14-12-21(13-15-32)17-30-18-26(30)25-11-10-24(16-27(25)31-28(30)29(2,3)4)35-19-22-6-8-23(34-5)9-7-22/h6-11,16,21,26H,12-15,17-19H2,1-5H3. The third-order valence-corrected chi connectivity index (χ3v) is 9.21. The number of fused-ring (bicyclic) bond motifs is 3. The van der Waals surface area contributed by atoms with Gasteiger partial charge in [0.05, 0.1) is 12.8 Å². The SMILES string of the molecule is COc1ccc(CSc2ccc3c(c2)N=C(C(C)(C)C)C2(CC4CCN(C(C)=O)CC4)CC32)cc1. The summed E-state index contributed by atoms with van der Waals surface area (Å²) >= 11 is 1.87. The highest BCUT2D eigenvalue weighted by Gasteiger charge is 2.62. The predicted molar refractivity (Wildman–Crippen MR) is 145 cm³/mol. The smallest absolute Gasteiger partial charge is 0.219 e. The van der Waals surface area contributed by atoms with E-state index in [2.05, 4.69) is 51.1 Å². The quantitative estimate of drug-likeness (QED) is 0.401. The second-order valence-corrected chi connectivity index (χ2v) is 12.7. The molecular weight excluding hydrogens is 452 g/mol. The summed E-state index contributed by atoms with van der Waals surface area (Å²) in [6, 6.07) is 15.3. The Morgan fingerprint density at radius 1 is 1.14 bits per heavy atom. The van der Waals surface area contributed by atoms with Crippen molar-refractivity contribution < 1.29 is 9.53 Å². The second-order valence-electron chi connectivity index (χ2n) is 11.6. The minimum absolute atomic E-state index is 0.0543. The van der Waals surface area contributed by atoms with Gasteiger partial charge in [0.1, 0.15) is 5.75 Å². The van der Waals surface area contributed by atoms with Crippen molar-refractivity contribution in [3.63, 3.8) is 0 Å². The lowest BCUT2D eigenvalue weighted by Crippen LogP contribution is -2.39. The first-order chi connectivity index (χ1) is 16.7. The van der Waals surface area contributed by atoms with Gasteiger partial charge in [-0.25, -0.2) is 0 Å². The van der Waals surface area contributed by atoms with Crippen LogP contribution in [0, 0.1) is 16.7 Å². The molecule has 2 heterocycles. The number of nitrogens with zero attached hydrogens (tertiary/aromatic N) is 2. The minimum Gasteiger partial charge on any atom is -0.497 e. The number of hydrogen-bond donors (Lipinski definition) is 0. The van der Waals surface area contributed by atoms with Crippen LogP contribution < -0.4 is 4.74 Å². The number of aliphatic imine (C=N–C) groups is 1. The summed E-state index contributed by atoms with van der Waals surface area (Å²) in [5.41, 5.74) is 5.58. The lowest BCUT2D eigenvalue weighted by Gasteiger charge is -2.38. The zero-order chi connectivity index (χ0) is 24.8. The number of hydrogen-bond acceptors (Lipinski definition) is 4. The van der Waals surface area contributed by atoms with Crippen LogP contribution in [0.4, 0.5) is 5.69 Å². The van der Waals surface area contributed by atoms with Crippen LogP contribution >= 0.6 is 11.8 Å². The molecule has 0 spiro atoms. The highest BCUT2D eigenvalue weighted by molar-refractivity contribution is 7.98. The Balaban J connectivity index is 1.33. The number of carbonyl (C=O) groups excluding carboxylic acids is 1. The third-order valence-electron chi connectivity index (χ3n) is 8.14. The van der Waals surface area contributed by atoms with E-state index >= 15 is 0 Å². The Morgan fingerprint density at radius 3 is 2.49 bits per heavy atom. The molecule has 5 heteroatoms. The van der Waals surface area contributed by atoms with Gasteiger partial charge in [0.2, 0.25) is 5.91 Å². The second kappa shape index (κ2) is 9.31. The topological polar surface area (TPSA) is 41.9 Å². The molecule has 0 radical (unpaired) electrons. The highest BCUT2D eigenvalue weighted by atomic mass is 32.2. The van der Waals surface area contributed by atoms with Crippen LogP contribution in [0.1, 0.15) is 70.4 Å². The zero-order valence-electron chi connectivity index (χ0n) is 21.8. The Kier molecular flexibility index (Phi) is 6.50. The van der Waals surface area contributed by atoms with Crippen LogP contribution in [0.5, 0.6) is 5.75 Å². The molecule has 1 amide bonds. The Morgan fingerprint density at radius 2 is 1.86 bits per heavy atom. The molecule has 5 rings (SSSR count). The van der Waals surface area contributed by atoms with Gasteiger partial charge in [0, 0.05) is 47.2 Å². The zero-order valence-corrected chi connectivity index (χ0v) is 22.6. The normalized spacial score (nSPS) is 23.9. The number of rotatable bonds is 6. The molecule has 1 saturated heterocycles. The summed E-state index contributed by atoms with van der Waals surface area (Å²) in [5.74, 6) is 3.33. The van der Waals surface area contributed by atoms with Crippen LogP contribution in [0.2, 0.25) is 0 Å². The number of benzene rings is 2. The number of methoxy groups -OCH3 is 1. The molecule has 1 aliphatic carbocycles. The molecule has 3 aliphatic rings. The largest absolute Gasteiger partial charge is 0.497 e. The van der Waals surface area contributed by atoms with E-state index in [-0.39, 0.29) is 16.7 Å². The van der Waals surface area contributed by atoms with Crippen molar-refractivity contribution in [1.29, 1.82) is 0 Å². The number of piperidine rings is 1. The molecule has 35 heavy (non-hydrogen) atoms. The third kappa shape index (κ3) is 4.89. The van der Waals surface area contributed by atoms with E-state index in [9.17, 15) is 4.79 Å². The van der Waals surface area contributed by atoms with Gasteiger partial charge in [0.15, 0.2) is 0 Å². The summed E-state index contributed by atoms with van der Waals surface area (Å²) < 4.78 is 5.28. The minimum atomic E-state index is 0.0543. The van der Waals surface area contributed by atoms with Gasteiger partial charge in [-0.3, -0.25) is 9.79 Å². The van der Waals surface area contributed by atoms with Crippen molar-refractivity contribution in [3.05, 3.63) is 53.6 Å². The van der Waals surface area contributed by atoms with E-state index < -0.39 is 0 Å². The molecule has 2 aromatic rings. The van der Waals surface area contributed by atoms with Crippen molar-refractivity contribution in [2.45, 2.75) is 69.9 Å². The van der Waals surface area contributed by atoms with Crippen LogP contribution in [-0.2, 0) is 10.5 Å². The summed E-state index contributed by atoms with van der Waals surface area (Å²) in [4.78, 5) is 20.4. The molecule has 0 aromatic heterocycles. The first-order valence-electron chi connectivity index (χ1n) is 12.9. The molecule has 2 aromatic carbocycles. The van der Waals surface area contributed by atoms with E-state index in [0.717, 1.165) is 37.4 Å². The van der Waals surface area contributed by atoms with E-state index in [1.807, 2.05) is 28.8 Å². The molecule has 2 aliphatic heterocycles. The summed E-state index contributed by atoms with van der Waals surface area (Å²) in [6.45, 7) is 10.5. The number of amides is 1. The van der Waals surface area contributed by atoms with Crippen molar-refractivity contribution in [2.24, 2.45) is 21.7 Å². The van der Waals surface area contributed by atoms with Crippen LogP contribution in [-0.4, -0.2) is 36.7 Å². The molecule has 186 valence electrons. The lowest BCUT2D eigenvalue weighted by atomic mass is 9.71. The highest BCUT2D eigenvalue weighted by Crippen LogP contribution is 2.69. The Bertz CT molecular complexity index is 1130. The van der Waals surface area contributed by atoms with Crippen molar-refractivity contribution in [3.8, 4) is 5.75 Å². The molecule has 1 saturated carbocycles. The number of thioether (sulfide) groups is 1. The van der Waals surface area contributed by atoms with Crippen LogP contribution in [0.25, 0.3) is 0 Å². The summed E-state index contributed by atoms with van der Waals surface area (Å²) in [7, 11) is 1.70. The van der Waals surface area contributed by atoms with Gasteiger partial charge < -0.3 is 9.64 Å². The van der Waals surface area contributed by atoms with E-state index in [4.69, 9.17) is 9.73 Å². The van der Waals surface area contributed by atoms with Gasteiger partial charge in [-0.05, 0) is 72.9 Å². The molecule has 0 bridgehead atoms.